The van der Waals surface area contributed by atoms with Gasteiger partial charge in [0.25, 0.3) is 0 Å². The van der Waals surface area contributed by atoms with Gasteiger partial charge in [0.2, 0.25) is 5.95 Å². The Morgan fingerprint density at radius 3 is 2.50 bits per heavy atom. The molecule has 0 aliphatic carbocycles. The molecule has 7 heteroatoms. The molecule has 1 atom stereocenters. The van der Waals surface area contributed by atoms with Crippen LogP contribution in [0, 0.1) is 0 Å². The molecule has 106 valence electrons. The number of hydrogen-bond acceptors (Lipinski definition) is 4. The molecule has 2 rings (SSSR count). The van der Waals surface area contributed by atoms with Gasteiger partial charge < -0.3 is 10.4 Å². The minimum atomic E-state index is -4.42. The lowest BCUT2D eigenvalue weighted by Crippen LogP contribution is -2.14. The van der Waals surface area contributed by atoms with Crippen LogP contribution in [0.3, 0.4) is 0 Å². The zero-order valence-electron chi connectivity index (χ0n) is 10.3. The second-order valence-electron chi connectivity index (χ2n) is 4.09. The number of nitrogens with one attached hydrogen (secondary N) is 1. The summed E-state index contributed by atoms with van der Waals surface area (Å²) in [5.41, 5.74) is -0.603. The summed E-state index contributed by atoms with van der Waals surface area (Å²) in [7, 11) is 0. The molecule has 0 aliphatic rings. The van der Waals surface area contributed by atoms with Crippen LogP contribution in [-0.2, 0) is 6.18 Å². The number of alkyl halides is 3. The molecule has 0 bridgehead atoms. The fourth-order valence-electron chi connectivity index (χ4n) is 1.62. The van der Waals surface area contributed by atoms with Crippen LogP contribution in [0.1, 0.15) is 17.2 Å². The van der Waals surface area contributed by atoms with Crippen molar-refractivity contribution in [2.75, 3.05) is 11.9 Å². The van der Waals surface area contributed by atoms with Gasteiger partial charge in [-0.05, 0) is 23.8 Å². The second-order valence-corrected chi connectivity index (χ2v) is 4.09. The van der Waals surface area contributed by atoms with Gasteiger partial charge in [-0.1, -0.05) is 12.1 Å². The van der Waals surface area contributed by atoms with Crippen molar-refractivity contribution < 1.29 is 18.3 Å². The van der Waals surface area contributed by atoms with E-state index >= 15 is 0 Å². The Morgan fingerprint density at radius 1 is 1.15 bits per heavy atom. The lowest BCUT2D eigenvalue weighted by Gasteiger charge is -2.14. The smallest absolute Gasteiger partial charge is 0.387 e. The maximum atomic E-state index is 12.6. The SMILES string of the molecule is O[C@H](CNc1ncccn1)c1cccc(C(F)(F)F)c1. The summed E-state index contributed by atoms with van der Waals surface area (Å²) in [4.78, 5) is 7.78. The first-order valence-corrected chi connectivity index (χ1v) is 5.83. The number of aliphatic hydroxyl groups excluding tert-OH is 1. The number of aliphatic hydroxyl groups is 1. The highest BCUT2D eigenvalue weighted by Gasteiger charge is 2.30. The van der Waals surface area contributed by atoms with Crippen LogP contribution in [0.15, 0.2) is 42.7 Å². The van der Waals surface area contributed by atoms with Crippen LogP contribution in [0.2, 0.25) is 0 Å². The van der Waals surface area contributed by atoms with Crippen molar-refractivity contribution in [3.63, 3.8) is 0 Å². The van der Waals surface area contributed by atoms with Gasteiger partial charge in [0.15, 0.2) is 0 Å². The van der Waals surface area contributed by atoms with Gasteiger partial charge in [0.1, 0.15) is 0 Å². The van der Waals surface area contributed by atoms with Crippen molar-refractivity contribution in [3.05, 3.63) is 53.9 Å². The second kappa shape index (κ2) is 5.87. The maximum absolute atomic E-state index is 12.6. The number of aromatic nitrogens is 2. The normalized spacial score (nSPS) is 13.0. The molecule has 2 N–H and O–H groups in total. The topological polar surface area (TPSA) is 58.0 Å². The Morgan fingerprint density at radius 2 is 1.85 bits per heavy atom. The molecule has 20 heavy (non-hydrogen) atoms. The highest BCUT2D eigenvalue weighted by molar-refractivity contribution is 5.29. The fourth-order valence-corrected chi connectivity index (χ4v) is 1.62. The zero-order valence-corrected chi connectivity index (χ0v) is 10.3. The Kier molecular flexibility index (Phi) is 4.19. The molecule has 0 unspecified atom stereocenters. The van der Waals surface area contributed by atoms with Gasteiger partial charge in [-0.2, -0.15) is 13.2 Å². The Balaban J connectivity index is 2.04. The van der Waals surface area contributed by atoms with E-state index in [1.165, 1.54) is 24.5 Å². The third kappa shape index (κ3) is 3.67. The van der Waals surface area contributed by atoms with Crippen molar-refractivity contribution >= 4 is 5.95 Å². The van der Waals surface area contributed by atoms with E-state index in [4.69, 9.17) is 0 Å². The van der Waals surface area contributed by atoms with Gasteiger partial charge in [-0.15, -0.1) is 0 Å². The summed E-state index contributed by atoms with van der Waals surface area (Å²) < 4.78 is 37.7. The Bertz CT molecular complexity index is 560. The third-order valence-electron chi connectivity index (χ3n) is 2.62. The highest BCUT2D eigenvalue weighted by atomic mass is 19.4. The van der Waals surface area contributed by atoms with E-state index in [2.05, 4.69) is 15.3 Å². The van der Waals surface area contributed by atoms with Crippen molar-refractivity contribution in [2.45, 2.75) is 12.3 Å². The first kappa shape index (κ1) is 14.3. The predicted octanol–water partition coefficient (Wildman–Crippen LogP) is 2.64. The molecule has 1 heterocycles. The zero-order chi connectivity index (χ0) is 14.6. The van der Waals surface area contributed by atoms with Gasteiger partial charge in [-0.3, -0.25) is 0 Å². The summed E-state index contributed by atoms with van der Waals surface area (Å²) in [5.74, 6) is 0.304. The van der Waals surface area contributed by atoms with Crippen LogP contribution in [0.25, 0.3) is 0 Å². The number of hydrogen-bond donors (Lipinski definition) is 2. The maximum Gasteiger partial charge on any atom is 0.416 e. The van der Waals surface area contributed by atoms with Crippen LogP contribution in [0.5, 0.6) is 0 Å². The van der Waals surface area contributed by atoms with Crippen LogP contribution in [-0.4, -0.2) is 21.6 Å². The number of anilines is 1. The quantitative estimate of drug-likeness (QED) is 0.905. The van der Waals surface area contributed by atoms with Crippen molar-refractivity contribution in [3.8, 4) is 0 Å². The van der Waals surface area contributed by atoms with E-state index in [1.54, 1.807) is 6.07 Å². The molecular formula is C13H12F3N3O. The number of rotatable bonds is 4. The van der Waals surface area contributed by atoms with Gasteiger partial charge in [0, 0.05) is 18.9 Å². The largest absolute Gasteiger partial charge is 0.416 e. The lowest BCUT2D eigenvalue weighted by molar-refractivity contribution is -0.137. The van der Waals surface area contributed by atoms with E-state index in [-0.39, 0.29) is 12.1 Å². The minimum Gasteiger partial charge on any atom is -0.387 e. The monoisotopic (exact) mass is 283 g/mol. The first-order valence-electron chi connectivity index (χ1n) is 5.83. The highest BCUT2D eigenvalue weighted by Crippen LogP contribution is 2.30. The predicted molar refractivity (Wildman–Crippen MR) is 66.9 cm³/mol. The molecule has 1 aromatic heterocycles. The first-order chi connectivity index (χ1) is 9.47. The molecular weight excluding hydrogens is 271 g/mol. The summed E-state index contributed by atoms with van der Waals surface area (Å²) >= 11 is 0. The van der Waals surface area contributed by atoms with Crippen LogP contribution >= 0.6 is 0 Å². The average Bonchev–Trinajstić information content (AvgIpc) is 2.45. The van der Waals surface area contributed by atoms with E-state index < -0.39 is 17.8 Å². The standard InChI is InChI=1S/C13H12F3N3O/c14-13(15,16)10-4-1-3-9(7-10)11(20)8-19-12-17-5-2-6-18-12/h1-7,11,20H,8H2,(H,17,18,19)/t11-/m1/s1. The number of benzene rings is 1. The summed E-state index contributed by atoms with van der Waals surface area (Å²) in [5, 5.41) is 12.6. The van der Waals surface area contributed by atoms with Gasteiger partial charge >= 0.3 is 6.18 Å². The Hall–Kier alpha value is -2.15. The fraction of sp³-hybridized carbons (Fsp3) is 0.231. The minimum absolute atomic E-state index is 0.0192. The summed E-state index contributed by atoms with van der Waals surface area (Å²) in [6.45, 7) is 0.0192. The molecule has 0 fully saturated rings. The lowest BCUT2D eigenvalue weighted by atomic mass is 10.1. The molecule has 0 saturated carbocycles. The third-order valence-corrected chi connectivity index (χ3v) is 2.62. The number of halogens is 3. The van der Waals surface area contributed by atoms with E-state index in [0.29, 0.717) is 5.95 Å². The Labute approximate surface area is 113 Å². The van der Waals surface area contributed by atoms with Crippen LogP contribution < -0.4 is 5.32 Å². The molecule has 0 amide bonds. The summed E-state index contributed by atoms with van der Waals surface area (Å²) in [6.07, 6.45) is -2.47. The van der Waals surface area contributed by atoms with Gasteiger partial charge in [-0.25, -0.2) is 9.97 Å². The van der Waals surface area contributed by atoms with Crippen molar-refractivity contribution in [2.24, 2.45) is 0 Å². The molecule has 0 radical (unpaired) electrons. The molecule has 0 spiro atoms. The van der Waals surface area contributed by atoms with Crippen LogP contribution in [0.4, 0.5) is 19.1 Å². The van der Waals surface area contributed by atoms with E-state index in [0.717, 1.165) is 12.1 Å². The van der Waals surface area contributed by atoms with E-state index in [9.17, 15) is 18.3 Å². The molecule has 4 nitrogen and oxygen atoms in total. The molecule has 1 aromatic carbocycles. The molecule has 0 saturated heterocycles. The van der Waals surface area contributed by atoms with Gasteiger partial charge in [0.05, 0.1) is 11.7 Å². The molecule has 0 aliphatic heterocycles. The van der Waals surface area contributed by atoms with E-state index in [1.807, 2.05) is 0 Å². The summed E-state index contributed by atoms with van der Waals surface area (Å²) in [6, 6.07) is 6.23. The molecule has 2 aromatic rings. The number of nitrogens with zero attached hydrogens (tertiary/aromatic N) is 2. The van der Waals surface area contributed by atoms with Crippen molar-refractivity contribution in [1.29, 1.82) is 0 Å². The average molecular weight is 283 g/mol. The van der Waals surface area contributed by atoms with Crippen molar-refractivity contribution in [1.82, 2.24) is 9.97 Å².